The number of carbonyl (C=O) groups excluding carboxylic acids is 1. The Bertz CT molecular complexity index is 820. The molecule has 1 saturated heterocycles. The molecule has 2 aromatic rings. The smallest absolute Gasteiger partial charge is 0.371 e. The molecule has 1 aliphatic rings. The number of carboxylic acid groups (broad SMARTS) is 1. The molecule has 1 fully saturated rings. The minimum atomic E-state index is -1.22. The third-order valence-corrected chi connectivity index (χ3v) is 4.92. The average Bonchev–Trinajstić information content (AvgIpc) is 3.11. The quantitative estimate of drug-likeness (QED) is 0.642. The molecule has 8 heteroatoms. The number of hydrogen-bond donors (Lipinski definition) is 2. The van der Waals surface area contributed by atoms with Crippen LogP contribution in [-0.2, 0) is 0 Å². The fourth-order valence-electron chi connectivity index (χ4n) is 2.08. The lowest BCUT2D eigenvalue weighted by atomic mass is 10.1. The number of fused-ring (bicyclic) bond motifs is 1. The van der Waals surface area contributed by atoms with E-state index in [1.54, 1.807) is 11.8 Å². The lowest BCUT2D eigenvalue weighted by Gasteiger charge is -2.04. The number of aromatic carboxylic acids is 1. The molecule has 22 heavy (non-hydrogen) atoms. The van der Waals surface area contributed by atoms with Gasteiger partial charge in [0.15, 0.2) is 11.4 Å². The summed E-state index contributed by atoms with van der Waals surface area (Å²) in [6.07, 6.45) is 1.46. The van der Waals surface area contributed by atoms with Crippen molar-refractivity contribution in [3.8, 4) is 0 Å². The monoisotopic (exact) mass is 357 g/mol. The minimum absolute atomic E-state index is 0.0282. The van der Waals surface area contributed by atoms with Crippen LogP contribution in [0.4, 0.5) is 0 Å². The predicted molar refractivity (Wildman–Crippen MR) is 86.1 cm³/mol. The molecule has 2 heterocycles. The van der Waals surface area contributed by atoms with E-state index in [1.807, 2.05) is 0 Å². The van der Waals surface area contributed by atoms with E-state index < -0.39 is 5.97 Å². The number of benzene rings is 1. The van der Waals surface area contributed by atoms with Gasteiger partial charge in [-0.25, -0.2) is 4.79 Å². The van der Waals surface area contributed by atoms with Crippen molar-refractivity contribution in [3.05, 3.63) is 44.6 Å². The topological polar surface area (TPSA) is 79.5 Å². The van der Waals surface area contributed by atoms with Crippen molar-refractivity contribution in [1.29, 1.82) is 0 Å². The Morgan fingerprint density at radius 1 is 1.32 bits per heavy atom. The van der Waals surface area contributed by atoms with Gasteiger partial charge in [0.05, 0.1) is 10.1 Å². The van der Waals surface area contributed by atoms with E-state index in [9.17, 15) is 9.59 Å². The van der Waals surface area contributed by atoms with Gasteiger partial charge in [0, 0.05) is 29.3 Å². The number of furan rings is 1. The highest BCUT2D eigenvalue weighted by Gasteiger charge is 2.21. The zero-order chi connectivity index (χ0) is 15.9. The molecular formula is C14H9Cl2NO4S. The third kappa shape index (κ3) is 2.69. The molecule has 1 aromatic heterocycles. The van der Waals surface area contributed by atoms with Crippen molar-refractivity contribution in [2.45, 2.75) is 0 Å². The summed E-state index contributed by atoms with van der Waals surface area (Å²) in [6.45, 7) is 0.807. The van der Waals surface area contributed by atoms with Crippen LogP contribution in [0, 0.1) is 0 Å². The van der Waals surface area contributed by atoms with Crippen LogP contribution < -0.4 is 5.32 Å². The molecule has 2 N–H and O–H groups in total. The Kier molecular flexibility index (Phi) is 4.08. The molecule has 0 unspecified atom stereocenters. The van der Waals surface area contributed by atoms with E-state index >= 15 is 0 Å². The maximum Gasteiger partial charge on any atom is 0.371 e. The summed E-state index contributed by atoms with van der Waals surface area (Å²) < 4.78 is 5.15. The van der Waals surface area contributed by atoms with E-state index in [4.69, 9.17) is 32.7 Å². The number of nitrogens with one attached hydrogen (secondary N) is 1. The van der Waals surface area contributed by atoms with Gasteiger partial charge >= 0.3 is 5.97 Å². The summed E-state index contributed by atoms with van der Waals surface area (Å²) >= 11 is 13.8. The molecule has 0 atom stereocenters. The maximum absolute atomic E-state index is 12.3. The summed E-state index contributed by atoms with van der Waals surface area (Å²) in [4.78, 5) is 23.3. The Balaban J connectivity index is 2.09. The number of halogens is 2. The molecule has 0 aliphatic carbocycles. The van der Waals surface area contributed by atoms with E-state index in [2.05, 4.69) is 5.32 Å². The van der Waals surface area contributed by atoms with E-state index in [0.717, 1.165) is 17.3 Å². The second kappa shape index (κ2) is 5.87. The lowest BCUT2D eigenvalue weighted by Crippen LogP contribution is -2.07. The molecule has 1 aliphatic heterocycles. The molecular weight excluding hydrogens is 349 g/mol. The number of hydrogen-bond acceptors (Lipinski definition) is 5. The molecule has 114 valence electrons. The average molecular weight is 358 g/mol. The van der Waals surface area contributed by atoms with Crippen molar-refractivity contribution in [3.63, 3.8) is 0 Å². The van der Waals surface area contributed by atoms with Gasteiger partial charge in [0.1, 0.15) is 5.02 Å². The highest BCUT2D eigenvalue weighted by atomic mass is 35.5. The Morgan fingerprint density at radius 2 is 2.09 bits per heavy atom. The Labute approximate surface area is 139 Å². The fourth-order valence-corrected chi connectivity index (χ4v) is 3.38. The number of carboxylic acids is 1. The van der Waals surface area contributed by atoms with Crippen LogP contribution in [0.2, 0.25) is 10.0 Å². The predicted octanol–water partition coefficient (Wildman–Crippen LogP) is 3.80. The first-order valence-electron chi connectivity index (χ1n) is 6.25. The molecule has 5 nitrogen and oxygen atoms in total. The first kappa shape index (κ1) is 15.3. The summed E-state index contributed by atoms with van der Waals surface area (Å²) in [5.74, 6) is -0.881. The largest absolute Gasteiger partial charge is 0.475 e. The molecule has 0 bridgehead atoms. The standard InChI is InChI=1S/C14H9Cl2NO4S/c15-11-7(8(18)5-10-17-1-2-22-10)3-6-4-9(14(19)20)21-13(6)12(11)16/h3-5,17H,1-2H2,(H,19,20). The van der Waals surface area contributed by atoms with Gasteiger partial charge in [0.2, 0.25) is 5.76 Å². The summed E-state index contributed by atoms with van der Waals surface area (Å²) in [6, 6.07) is 2.80. The zero-order valence-corrected chi connectivity index (χ0v) is 13.3. The zero-order valence-electron chi connectivity index (χ0n) is 11.0. The van der Waals surface area contributed by atoms with Gasteiger partial charge in [-0.2, -0.15) is 0 Å². The van der Waals surface area contributed by atoms with E-state index in [1.165, 1.54) is 18.2 Å². The van der Waals surface area contributed by atoms with Crippen LogP contribution in [0.15, 0.2) is 27.7 Å². The van der Waals surface area contributed by atoms with Gasteiger partial charge in [0.25, 0.3) is 0 Å². The maximum atomic E-state index is 12.3. The van der Waals surface area contributed by atoms with Crippen LogP contribution in [0.1, 0.15) is 20.9 Å². The van der Waals surface area contributed by atoms with Crippen LogP contribution in [-0.4, -0.2) is 29.2 Å². The number of carbonyl (C=O) groups is 2. The van der Waals surface area contributed by atoms with Crippen LogP contribution in [0.25, 0.3) is 11.0 Å². The summed E-state index contributed by atoms with van der Waals surface area (Å²) in [5.41, 5.74) is 0.361. The van der Waals surface area contributed by atoms with Crippen molar-refractivity contribution in [2.24, 2.45) is 0 Å². The summed E-state index contributed by atoms with van der Waals surface area (Å²) in [5, 5.41) is 13.3. The van der Waals surface area contributed by atoms with Crippen molar-refractivity contribution in [1.82, 2.24) is 5.32 Å². The van der Waals surface area contributed by atoms with Crippen molar-refractivity contribution < 1.29 is 19.1 Å². The Morgan fingerprint density at radius 3 is 2.73 bits per heavy atom. The molecule has 3 rings (SSSR count). The van der Waals surface area contributed by atoms with Crippen molar-refractivity contribution >= 4 is 57.7 Å². The second-order valence-corrected chi connectivity index (χ2v) is 6.43. The van der Waals surface area contributed by atoms with Gasteiger partial charge in [-0.15, -0.1) is 11.8 Å². The number of ketones is 1. The number of thioether (sulfide) groups is 1. The first-order chi connectivity index (χ1) is 10.5. The highest BCUT2D eigenvalue weighted by molar-refractivity contribution is 8.03. The van der Waals surface area contributed by atoms with Gasteiger partial charge in [-0.05, 0) is 12.1 Å². The van der Waals surface area contributed by atoms with E-state index in [-0.39, 0.29) is 32.7 Å². The normalized spacial score (nSPS) is 16.2. The van der Waals surface area contributed by atoms with Gasteiger partial charge in [-0.3, -0.25) is 4.79 Å². The molecule has 1 aromatic carbocycles. The number of rotatable bonds is 3. The third-order valence-electron chi connectivity index (χ3n) is 3.09. The van der Waals surface area contributed by atoms with Gasteiger partial charge in [-0.1, -0.05) is 23.2 Å². The molecule has 0 spiro atoms. The lowest BCUT2D eigenvalue weighted by molar-refractivity contribution is 0.0665. The molecule has 0 saturated carbocycles. The Hall–Kier alpha value is -1.63. The van der Waals surface area contributed by atoms with Gasteiger partial charge < -0.3 is 14.8 Å². The first-order valence-corrected chi connectivity index (χ1v) is 7.99. The van der Waals surface area contributed by atoms with Crippen LogP contribution in [0.3, 0.4) is 0 Å². The SMILES string of the molecule is O=C(O)c1cc2cc(C(=O)C=C3NCCS3)c(Cl)c(Cl)c2o1. The van der Waals surface area contributed by atoms with E-state index in [0.29, 0.717) is 5.39 Å². The number of allylic oxidation sites excluding steroid dienone is 1. The molecule has 0 radical (unpaired) electrons. The second-order valence-electron chi connectivity index (χ2n) is 4.53. The van der Waals surface area contributed by atoms with Crippen molar-refractivity contribution in [2.75, 3.05) is 12.3 Å². The minimum Gasteiger partial charge on any atom is -0.475 e. The summed E-state index contributed by atoms with van der Waals surface area (Å²) in [7, 11) is 0. The fraction of sp³-hybridized carbons (Fsp3) is 0.143. The highest BCUT2D eigenvalue weighted by Crippen LogP contribution is 2.36. The molecule has 0 amide bonds. The van der Waals surface area contributed by atoms with Crippen LogP contribution in [0.5, 0.6) is 0 Å². The van der Waals surface area contributed by atoms with Crippen LogP contribution >= 0.6 is 35.0 Å².